The van der Waals surface area contributed by atoms with Gasteiger partial charge in [-0.1, -0.05) is 35.3 Å². The Kier molecular flexibility index (Phi) is 5.83. The van der Waals surface area contributed by atoms with Crippen LogP contribution >= 0.6 is 45.8 Å². The summed E-state index contributed by atoms with van der Waals surface area (Å²) in [6.07, 6.45) is -3.08. The van der Waals surface area contributed by atoms with Crippen LogP contribution in [0.15, 0.2) is 42.6 Å². The SMILES string of the molecule is C[C@@]1(Cc2ccc(OC(F)(F)F)cc2)C(=O)N(c2cc(Cl)c(F)c(Cl)c2)c2ncc(I)n21. The Labute approximate surface area is 203 Å². The van der Waals surface area contributed by atoms with Crippen molar-refractivity contribution >= 4 is 63.3 Å². The quantitative estimate of drug-likeness (QED) is 0.196. The second-order valence-corrected chi connectivity index (χ2v) is 9.14. The van der Waals surface area contributed by atoms with E-state index in [0.717, 1.165) is 0 Å². The minimum absolute atomic E-state index is 0.149. The van der Waals surface area contributed by atoms with Crippen LogP contribution in [0.5, 0.6) is 5.75 Å². The van der Waals surface area contributed by atoms with Gasteiger partial charge in [0, 0.05) is 6.42 Å². The third kappa shape index (κ3) is 4.03. The number of alkyl halides is 3. The Balaban J connectivity index is 1.72. The molecule has 0 aliphatic carbocycles. The summed E-state index contributed by atoms with van der Waals surface area (Å²) in [7, 11) is 0. The number of aromatic nitrogens is 2. The van der Waals surface area contributed by atoms with Crippen molar-refractivity contribution in [1.82, 2.24) is 9.55 Å². The van der Waals surface area contributed by atoms with Gasteiger partial charge in [0.25, 0.3) is 5.91 Å². The van der Waals surface area contributed by atoms with Gasteiger partial charge in [-0.05, 0) is 59.3 Å². The van der Waals surface area contributed by atoms with Gasteiger partial charge in [-0.3, -0.25) is 9.36 Å². The van der Waals surface area contributed by atoms with E-state index in [-0.39, 0.29) is 39.8 Å². The molecule has 0 fully saturated rings. The number of hydrogen-bond acceptors (Lipinski definition) is 3. The van der Waals surface area contributed by atoms with E-state index >= 15 is 0 Å². The van der Waals surface area contributed by atoms with Gasteiger partial charge in [-0.2, -0.15) is 0 Å². The molecule has 2 aromatic carbocycles. The molecular weight excluding hydrogens is 588 g/mol. The minimum atomic E-state index is -4.80. The third-order valence-corrected chi connectivity index (χ3v) is 6.30. The van der Waals surface area contributed by atoms with Crippen LogP contribution in [0.2, 0.25) is 10.0 Å². The Morgan fingerprint density at radius 2 is 1.75 bits per heavy atom. The number of hydrogen-bond donors (Lipinski definition) is 0. The number of anilines is 2. The molecule has 0 saturated carbocycles. The monoisotopic (exact) mass is 599 g/mol. The molecule has 1 aromatic heterocycles. The van der Waals surface area contributed by atoms with Crippen LogP contribution in [-0.4, -0.2) is 21.8 Å². The molecule has 2 heterocycles. The highest BCUT2D eigenvalue weighted by Crippen LogP contribution is 2.44. The first kappa shape index (κ1) is 23.1. The van der Waals surface area contributed by atoms with Crippen molar-refractivity contribution in [3.05, 3.63) is 67.7 Å². The van der Waals surface area contributed by atoms with E-state index in [9.17, 15) is 22.4 Å². The zero-order valence-electron chi connectivity index (χ0n) is 16.1. The number of rotatable bonds is 4. The fourth-order valence-electron chi connectivity index (χ4n) is 3.63. The van der Waals surface area contributed by atoms with Crippen molar-refractivity contribution in [3.8, 4) is 5.75 Å². The lowest BCUT2D eigenvalue weighted by atomic mass is 9.92. The maximum absolute atomic E-state index is 13.9. The molecule has 5 nitrogen and oxygen atoms in total. The number of ether oxygens (including phenoxy) is 1. The largest absolute Gasteiger partial charge is 0.573 e. The molecule has 0 unspecified atom stereocenters. The van der Waals surface area contributed by atoms with Crippen LogP contribution < -0.4 is 9.64 Å². The fourth-order valence-corrected chi connectivity index (χ4v) is 4.99. The number of carbonyl (C=O) groups excluding carboxylic acids is 1. The maximum atomic E-state index is 13.9. The fraction of sp³-hybridized carbons (Fsp3) is 0.200. The highest BCUT2D eigenvalue weighted by Gasteiger charge is 2.50. The molecule has 0 spiro atoms. The van der Waals surface area contributed by atoms with E-state index in [1.165, 1.54) is 41.3 Å². The number of benzene rings is 2. The van der Waals surface area contributed by atoms with Gasteiger partial charge in [0.05, 0.1) is 21.9 Å². The normalized spacial score (nSPS) is 18.2. The van der Waals surface area contributed by atoms with Crippen LogP contribution in [0, 0.1) is 9.52 Å². The predicted molar refractivity (Wildman–Crippen MR) is 119 cm³/mol. The van der Waals surface area contributed by atoms with Gasteiger partial charge < -0.3 is 4.74 Å². The maximum Gasteiger partial charge on any atom is 0.573 e. The first-order valence-electron chi connectivity index (χ1n) is 8.98. The molecular formula is C20H12Cl2F4IN3O2. The minimum Gasteiger partial charge on any atom is -0.406 e. The van der Waals surface area contributed by atoms with Crippen molar-refractivity contribution in [2.24, 2.45) is 0 Å². The third-order valence-electron chi connectivity index (χ3n) is 4.99. The van der Waals surface area contributed by atoms with Gasteiger partial charge >= 0.3 is 6.36 Å². The van der Waals surface area contributed by atoms with E-state index in [0.29, 0.717) is 9.26 Å². The van der Waals surface area contributed by atoms with Crippen molar-refractivity contribution in [2.75, 3.05) is 4.90 Å². The second-order valence-electron chi connectivity index (χ2n) is 7.22. The summed E-state index contributed by atoms with van der Waals surface area (Å²) in [5.41, 5.74) is -0.322. The topological polar surface area (TPSA) is 47.4 Å². The van der Waals surface area contributed by atoms with Gasteiger partial charge in [0.1, 0.15) is 15.0 Å². The lowest BCUT2D eigenvalue weighted by Crippen LogP contribution is -2.41. The predicted octanol–water partition coefficient (Wildman–Crippen LogP) is 6.47. The highest BCUT2D eigenvalue weighted by atomic mass is 127. The molecule has 0 radical (unpaired) electrons. The first-order chi connectivity index (χ1) is 14.9. The summed E-state index contributed by atoms with van der Waals surface area (Å²) in [5, 5.41) is -0.496. The van der Waals surface area contributed by atoms with E-state index in [1.54, 1.807) is 17.7 Å². The Bertz CT molecular complexity index is 1190. The van der Waals surface area contributed by atoms with Gasteiger partial charge in [-0.25, -0.2) is 14.3 Å². The second kappa shape index (κ2) is 8.07. The molecule has 1 atom stereocenters. The lowest BCUT2D eigenvalue weighted by Gasteiger charge is -2.26. The van der Waals surface area contributed by atoms with Gasteiger partial charge in [0.2, 0.25) is 5.95 Å². The number of nitrogens with zero attached hydrogens (tertiary/aromatic N) is 3. The molecule has 168 valence electrons. The van der Waals surface area contributed by atoms with Crippen LogP contribution in [0.25, 0.3) is 0 Å². The molecule has 0 bridgehead atoms. The number of amides is 1. The molecule has 4 rings (SSSR count). The molecule has 1 amide bonds. The van der Waals surface area contributed by atoms with Crippen molar-refractivity contribution < 1.29 is 27.1 Å². The van der Waals surface area contributed by atoms with E-state index in [4.69, 9.17) is 23.2 Å². The molecule has 1 aliphatic rings. The molecule has 0 N–H and O–H groups in total. The highest BCUT2D eigenvalue weighted by molar-refractivity contribution is 14.1. The van der Waals surface area contributed by atoms with Crippen LogP contribution in [-0.2, 0) is 16.8 Å². The molecule has 3 aromatic rings. The van der Waals surface area contributed by atoms with Crippen molar-refractivity contribution in [2.45, 2.75) is 25.2 Å². The van der Waals surface area contributed by atoms with Crippen molar-refractivity contribution in [3.63, 3.8) is 0 Å². The van der Waals surface area contributed by atoms with Crippen LogP contribution in [0.3, 0.4) is 0 Å². The summed E-state index contributed by atoms with van der Waals surface area (Å²) >= 11 is 13.9. The average molecular weight is 600 g/mol. The summed E-state index contributed by atoms with van der Waals surface area (Å²) < 4.78 is 57.4. The Morgan fingerprint density at radius 1 is 1.16 bits per heavy atom. The van der Waals surface area contributed by atoms with E-state index in [2.05, 4.69) is 9.72 Å². The zero-order chi connectivity index (χ0) is 23.4. The van der Waals surface area contributed by atoms with Crippen LogP contribution in [0.4, 0.5) is 29.2 Å². The molecule has 1 aliphatic heterocycles. The Morgan fingerprint density at radius 3 is 2.31 bits per heavy atom. The molecule has 12 heteroatoms. The number of fused-ring (bicyclic) bond motifs is 1. The number of halogens is 7. The Hall–Kier alpha value is -2.05. The van der Waals surface area contributed by atoms with E-state index < -0.39 is 17.7 Å². The number of carbonyl (C=O) groups is 1. The van der Waals surface area contributed by atoms with E-state index in [1.807, 2.05) is 22.6 Å². The van der Waals surface area contributed by atoms with Gasteiger partial charge in [-0.15, -0.1) is 13.2 Å². The van der Waals surface area contributed by atoms with Gasteiger partial charge in [0.15, 0.2) is 5.82 Å². The summed E-state index contributed by atoms with van der Waals surface area (Å²) in [4.78, 5) is 19.2. The number of imidazole rings is 1. The summed E-state index contributed by atoms with van der Waals surface area (Å²) in [6.45, 7) is 1.69. The average Bonchev–Trinajstić information content (AvgIpc) is 3.17. The molecule has 0 saturated heterocycles. The van der Waals surface area contributed by atoms with Crippen LogP contribution in [0.1, 0.15) is 12.5 Å². The first-order valence-corrected chi connectivity index (χ1v) is 10.8. The lowest BCUT2D eigenvalue weighted by molar-refractivity contribution is -0.274. The van der Waals surface area contributed by atoms with Crippen molar-refractivity contribution in [1.29, 1.82) is 0 Å². The summed E-state index contributed by atoms with van der Waals surface area (Å²) in [5.74, 6) is -1.25. The smallest absolute Gasteiger partial charge is 0.406 e. The zero-order valence-corrected chi connectivity index (χ0v) is 19.7. The summed E-state index contributed by atoms with van der Waals surface area (Å²) in [6, 6.07) is 7.84. The molecule has 32 heavy (non-hydrogen) atoms. The standard InChI is InChI=1S/C20H12Cl2F4IN3O2/c1-19(8-10-2-4-12(5-3-10)32-20(24,25)26)17(31)29(18-28-9-15(27)30(18)19)11-6-13(21)16(23)14(22)7-11/h2-7,9H,8H2,1H3/t19-/m1/s1.